The van der Waals surface area contributed by atoms with Gasteiger partial charge in [0, 0.05) is 16.2 Å². The first-order valence-electron chi connectivity index (χ1n) is 11.2. The highest BCUT2D eigenvalue weighted by molar-refractivity contribution is 7.94. The lowest BCUT2D eigenvalue weighted by molar-refractivity contribution is 0.107. The molecular weight excluding hydrogens is 435 g/mol. The van der Waals surface area contributed by atoms with Gasteiger partial charge in [-0.1, -0.05) is 140 Å². The number of carbonyl (C=O) groups excluding carboxylic acids is 1. The Morgan fingerprint density at radius 2 is 0.882 bits per heavy atom. The van der Waals surface area contributed by atoms with Crippen molar-refractivity contribution >= 4 is 23.3 Å². The molecule has 5 aromatic carbocycles. The summed E-state index contributed by atoms with van der Waals surface area (Å²) in [6.45, 7) is 0. The van der Waals surface area contributed by atoms with Crippen molar-refractivity contribution < 1.29 is 9.36 Å². The van der Waals surface area contributed by atoms with Crippen molar-refractivity contribution in [1.29, 1.82) is 0 Å². The van der Waals surface area contributed by atoms with Gasteiger partial charge in [-0.2, -0.15) is 0 Å². The molecule has 0 saturated heterocycles. The second kappa shape index (κ2) is 9.47. The maximum Gasteiger partial charge on any atom is 0.230 e. The van der Waals surface area contributed by atoms with Crippen LogP contribution in [0.5, 0.6) is 0 Å². The Labute approximate surface area is 199 Å². The van der Waals surface area contributed by atoms with E-state index in [-0.39, 0.29) is 5.52 Å². The van der Waals surface area contributed by atoms with Crippen LogP contribution in [0.15, 0.2) is 140 Å². The first-order chi connectivity index (χ1) is 16.7. The van der Waals surface area contributed by atoms with E-state index in [0.717, 1.165) is 22.3 Å². The van der Waals surface area contributed by atoms with Crippen LogP contribution >= 0.6 is 7.14 Å². The Morgan fingerprint density at radius 3 is 1.35 bits per heavy atom. The predicted octanol–water partition coefficient (Wildman–Crippen LogP) is 7.17. The zero-order valence-corrected chi connectivity index (χ0v) is 19.4. The summed E-state index contributed by atoms with van der Waals surface area (Å²) in [5.74, 6) is 0. The third-order valence-corrected chi connectivity index (χ3v) is 8.91. The molecule has 0 aliphatic carbocycles. The lowest BCUT2D eigenvalue weighted by Crippen LogP contribution is -2.26. The minimum absolute atomic E-state index is 0.361. The van der Waals surface area contributed by atoms with Crippen LogP contribution in [0.4, 0.5) is 0 Å². The molecule has 0 aliphatic rings. The fourth-order valence-electron chi connectivity index (χ4n) is 4.33. The third kappa shape index (κ3) is 3.94. The lowest BCUT2D eigenvalue weighted by atomic mass is 9.99. The highest BCUT2D eigenvalue weighted by atomic mass is 31.2. The van der Waals surface area contributed by atoms with Crippen LogP contribution in [-0.2, 0) is 4.57 Å². The van der Waals surface area contributed by atoms with Crippen molar-refractivity contribution in [2.75, 3.05) is 0 Å². The molecule has 5 rings (SSSR count). The Kier molecular flexibility index (Phi) is 6.08. The maximum atomic E-state index is 15.4. The SMILES string of the molecule is O=C(c1ccccc1)P(=O)(c1ccccc1)c1c(-c2ccccc2)cccc1-c1ccccc1. The molecule has 0 radical (unpaired) electrons. The van der Waals surface area contributed by atoms with E-state index < -0.39 is 7.14 Å². The quantitative estimate of drug-likeness (QED) is 0.253. The number of rotatable bonds is 6. The van der Waals surface area contributed by atoms with Gasteiger partial charge in [-0.3, -0.25) is 4.79 Å². The minimum atomic E-state index is -3.78. The molecule has 0 fully saturated rings. The molecule has 1 atom stereocenters. The summed E-state index contributed by atoms with van der Waals surface area (Å²) >= 11 is 0. The molecule has 0 amide bonds. The van der Waals surface area contributed by atoms with Crippen LogP contribution in [0, 0.1) is 0 Å². The minimum Gasteiger partial charge on any atom is -0.305 e. The molecule has 0 aromatic heterocycles. The smallest absolute Gasteiger partial charge is 0.230 e. The van der Waals surface area contributed by atoms with E-state index in [9.17, 15) is 4.79 Å². The standard InChI is InChI=1S/C31H23O2P/c32-31(26-18-9-3-10-19-26)34(33,27-20-11-4-12-21-27)30-28(24-14-5-1-6-15-24)22-13-23-29(30)25-16-7-2-8-17-25/h1-23H. The van der Waals surface area contributed by atoms with Crippen molar-refractivity contribution in [3.05, 3.63) is 145 Å². The molecule has 5 aromatic rings. The fraction of sp³-hybridized carbons (Fsp3) is 0. The molecular formula is C31H23O2P. The van der Waals surface area contributed by atoms with E-state index in [4.69, 9.17) is 0 Å². The van der Waals surface area contributed by atoms with Gasteiger partial charge < -0.3 is 4.57 Å². The highest BCUT2D eigenvalue weighted by Gasteiger charge is 2.40. The number of hydrogen-bond donors (Lipinski definition) is 0. The average molecular weight is 458 g/mol. The van der Waals surface area contributed by atoms with Gasteiger partial charge in [0.2, 0.25) is 12.7 Å². The van der Waals surface area contributed by atoms with Gasteiger partial charge in [0.05, 0.1) is 0 Å². The van der Waals surface area contributed by atoms with Crippen LogP contribution in [0.1, 0.15) is 10.4 Å². The van der Waals surface area contributed by atoms with Gasteiger partial charge >= 0.3 is 0 Å². The van der Waals surface area contributed by atoms with Crippen LogP contribution < -0.4 is 10.6 Å². The van der Waals surface area contributed by atoms with E-state index in [0.29, 0.717) is 16.2 Å². The Balaban J connectivity index is 1.90. The van der Waals surface area contributed by atoms with E-state index in [1.54, 1.807) is 24.3 Å². The van der Waals surface area contributed by atoms with Crippen LogP contribution in [0.25, 0.3) is 22.3 Å². The summed E-state index contributed by atoms with van der Waals surface area (Å²) in [6, 6.07) is 43.8. The second-order valence-corrected chi connectivity index (χ2v) is 10.6. The summed E-state index contributed by atoms with van der Waals surface area (Å²) in [5.41, 5.74) is 3.54. The van der Waals surface area contributed by atoms with Gasteiger partial charge in [0.1, 0.15) is 0 Å². The topological polar surface area (TPSA) is 34.1 Å². The summed E-state index contributed by atoms with van der Waals surface area (Å²) in [7, 11) is -3.78. The Hall–Kier alpha value is -4.00. The van der Waals surface area contributed by atoms with Gasteiger partial charge in [-0.25, -0.2) is 0 Å². The second-order valence-electron chi connectivity index (χ2n) is 8.05. The largest absolute Gasteiger partial charge is 0.305 e. The summed E-state index contributed by atoms with van der Waals surface area (Å²) in [6.07, 6.45) is 0. The first kappa shape index (κ1) is 21.8. The predicted molar refractivity (Wildman–Crippen MR) is 141 cm³/mol. The fourth-order valence-corrected chi connectivity index (χ4v) is 7.22. The van der Waals surface area contributed by atoms with Crippen molar-refractivity contribution in [3.8, 4) is 22.3 Å². The third-order valence-electron chi connectivity index (χ3n) is 5.95. The highest BCUT2D eigenvalue weighted by Crippen LogP contribution is 2.51. The molecule has 0 N–H and O–H groups in total. The molecule has 0 bridgehead atoms. The van der Waals surface area contributed by atoms with E-state index in [1.165, 1.54) is 0 Å². The molecule has 164 valence electrons. The Bertz CT molecular complexity index is 1400. The molecule has 1 unspecified atom stereocenters. The van der Waals surface area contributed by atoms with Gasteiger partial charge in [0.25, 0.3) is 0 Å². The summed E-state index contributed by atoms with van der Waals surface area (Å²) < 4.78 is 15.4. The molecule has 34 heavy (non-hydrogen) atoms. The molecule has 3 heteroatoms. The average Bonchev–Trinajstić information content (AvgIpc) is 2.93. The van der Waals surface area contributed by atoms with Crippen molar-refractivity contribution in [2.45, 2.75) is 0 Å². The number of benzene rings is 5. The molecule has 0 heterocycles. The van der Waals surface area contributed by atoms with Gasteiger partial charge in [-0.05, 0) is 22.3 Å². The van der Waals surface area contributed by atoms with E-state index >= 15 is 4.57 Å². The number of hydrogen-bond acceptors (Lipinski definition) is 2. The molecule has 2 nitrogen and oxygen atoms in total. The van der Waals surface area contributed by atoms with Crippen LogP contribution in [-0.4, -0.2) is 5.52 Å². The van der Waals surface area contributed by atoms with E-state index in [2.05, 4.69) is 0 Å². The monoisotopic (exact) mass is 458 g/mol. The molecule has 0 saturated carbocycles. The summed E-state index contributed by atoms with van der Waals surface area (Å²) in [4.78, 5) is 14.2. The van der Waals surface area contributed by atoms with Crippen LogP contribution in [0.3, 0.4) is 0 Å². The maximum absolute atomic E-state index is 15.4. The summed E-state index contributed by atoms with van der Waals surface area (Å²) in [5, 5.41) is 1.11. The van der Waals surface area contributed by atoms with Gasteiger partial charge in [-0.15, -0.1) is 0 Å². The molecule has 0 spiro atoms. The first-order valence-corrected chi connectivity index (χ1v) is 12.9. The van der Waals surface area contributed by atoms with Crippen molar-refractivity contribution in [1.82, 2.24) is 0 Å². The zero-order chi connectivity index (χ0) is 23.4. The lowest BCUT2D eigenvalue weighted by Gasteiger charge is -2.24. The van der Waals surface area contributed by atoms with Crippen molar-refractivity contribution in [3.63, 3.8) is 0 Å². The van der Waals surface area contributed by atoms with Gasteiger partial charge in [0.15, 0.2) is 0 Å². The zero-order valence-electron chi connectivity index (χ0n) is 18.5. The van der Waals surface area contributed by atoms with Crippen LogP contribution in [0.2, 0.25) is 0 Å². The normalized spacial score (nSPS) is 12.6. The molecule has 0 aliphatic heterocycles. The van der Waals surface area contributed by atoms with Crippen molar-refractivity contribution in [2.24, 2.45) is 0 Å². The Morgan fingerprint density at radius 1 is 0.471 bits per heavy atom. The van der Waals surface area contributed by atoms with E-state index in [1.807, 2.05) is 115 Å². The number of carbonyl (C=O) groups is 1.